The summed E-state index contributed by atoms with van der Waals surface area (Å²) in [6.07, 6.45) is 3.79. The molecule has 33 heavy (non-hydrogen) atoms. The van der Waals surface area contributed by atoms with Crippen LogP contribution in [0.3, 0.4) is 0 Å². The third-order valence-corrected chi connectivity index (χ3v) is 5.57. The Labute approximate surface area is 188 Å². The first-order valence-corrected chi connectivity index (χ1v) is 10.2. The fourth-order valence-electron chi connectivity index (χ4n) is 3.78. The maximum Gasteiger partial charge on any atom is 0.337 e. The summed E-state index contributed by atoms with van der Waals surface area (Å²) in [5.74, 6) is 0.293. The Balaban J connectivity index is 1.70. The van der Waals surface area contributed by atoms with Crippen LogP contribution in [0.2, 0.25) is 0 Å². The average molecular weight is 463 g/mol. The molecule has 4 rings (SSSR count). The van der Waals surface area contributed by atoms with Crippen molar-refractivity contribution in [3.8, 4) is 0 Å². The zero-order valence-electron chi connectivity index (χ0n) is 18.0. The number of primary amides is 1. The highest BCUT2D eigenvalue weighted by Crippen LogP contribution is 2.31. The van der Waals surface area contributed by atoms with E-state index >= 15 is 0 Å². The number of amides is 1. The molecule has 0 bridgehead atoms. The molecule has 3 aliphatic heterocycles. The van der Waals surface area contributed by atoms with Gasteiger partial charge in [0, 0.05) is 13.2 Å². The van der Waals surface area contributed by atoms with Gasteiger partial charge in [0.25, 0.3) is 12.3 Å². The molecule has 1 aliphatic carbocycles. The lowest BCUT2D eigenvalue weighted by Gasteiger charge is -2.19. The summed E-state index contributed by atoms with van der Waals surface area (Å²) in [6, 6.07) is -2.19. The van der Waals surface area contributed by atoms with E-state index < -0.39 is 30.5 Å². The molecule has 1 saturated heterocycles. The number of amidine groups is 1. The summed E-state index contributed by atoms with van der Waals surface area (Å²) in [5.41, 5.74) is 6.52. The van der Waals surface area contributed by atoms with E-state index in [4.69, 9.17) is 19.9 Å². The molecule has 2 N–H and O–H groups in total. The summed E-state index contributed by atoms with van der Waals surface area (Å²) in [6.45, 7) is 2.07. The molecule has 3 heterocycles. The Kier molecular flexibility index (Phi) is 6.27. The number of halogens is 2. The predicted octanol–water partition coefficient (Wildman–Crippen LogP) is -0.368. The van der Waals surface area contributed by atoms with Crippen molar-refractivity contribution in [1.29, 1.82) is 0 Å². The standard InChI is InChI=1S/C21H23F2N5O5/c1-11(31-2)18(20(24)30)25-12-3-4-13-15(7-12)32-6-5-27-8-16(26-21(13)27)28-14(19(22)23)10-33-17(28)9-29/h3-4,7-9,11,14,18-19H,5-6,10H2,1-2H3,(H2-,24,29,30)/t11-,14-,18-/m0/s1. The first-order valence-electron chi connectivity index (χ1n) is 10.2. The van der Waals surface area contributed by atoms with Gasteiger partial charge in [0.05, 0.1) is 11.8 Å². The van der Waals surface area contributed by atoms with Gasteiger partial charge in [-0.3, -0.25) is 14.7 Å². The number of hydrogen-bond donors (Lipinski definition) is 1. The van der Waals surface area contributed by atoms with Crippen LogP contribution in [0.1, 0.15) is 6.92 Å². The minimum Gasteiger partial charge on any atom is -0.874 e. The number of ether oxygens (including phenoxy) is 3. The van der Waals surface area contributed by atoms with Crippen LogP contribution in [0.25, 0.3) is 0 Å². The first kappa shape index (κ1) is 22.6. The van der Waals surface area contributed by atoms with Crippen LogP contribution in [-0.2, 0) is 19.0 Å². The fourth-order valence-corrected chi connectivity index (χ4v) is 3.78. The molecule has 0 saturated carbocycles. The van der Waals surface area contributed by atoms with Crippen LogP contribution in [0, 0.1) is 0 Å². The number of carbonyl (C=O) groups is 1. The van der Waals surface area contributed by atoms with Crippen molar-refractivity contribution in [2.45, 2.75) is 31.5 Å². The molecule has 10 nitrogen and oxygen atoms in total. The molecule has 3 atom stereocenters. The second-order valence-corrected chi connectivity index (χ2v) is 7.60. The normalized spacial score (nSPS) is 26.3. The van der Waals surface area contributed by atoms with Gasteiger partial charge in [-0.1, -0.05) is 6.26 Å². The SMILES string of the molecule is CO[C@@H](C)[C@H](N=C1C=CC2=C3N=C(N4C(=C[O-])OC[C@H]4C(F)F)C=[N+]3CCOC2=C1)C(N)=O. The number of aliphatic imine (C=N–C) groups is 2. The average Bonchev–Trinajstić information content (AvgIpc) is 3.37. The van der Waals surface area contributed by atoms with Gasteiger partial charge in [0.2, 0.25) is 5.91 Å². The Morgan fingerprint density at radius 2 is 2.24 bits per heavy atom. The van der Waals surface area contributed by atoms with Gasteiger partial charge in [-0.25, -0.2) is 13.4 Å². The third kappa shape index (κ3) is 4.25. The number of alkyl halides is 2. The van der Waals surface area contributed by atoms with Crippen LogP contribution in [-0.4, -0.2) is 84.6 Å². The van der Waals surface area contributed by atoms with Crippen LogP contribution in [0.15, 0.2) is 57.5 Å². The van der Waals surface area contributed by atoms with Gasteiger partial charge >= 0.3 is 5.82 Å². The lowest BCUT2D eigenvalue weighted by atomic mass is 10.1. The highest BCUT2D eigenvalue weighted by atomic mass is 19.3. The van der Waals surface area contributed by atoms with Crippen molar-refractivity contribution in [2.75, 3.05) is 26.9 Å². The molecule has 0 radical (unpaired) electrons. The fraction of sp³-hybridized carbons (Fsp3) is 0.429. The molecule has 0 aromatic heterocycles. The number of hydrogen-bond acceptors (Lipinski definition) is 8. The molecular weight excluding hydrogens is 440 g/mol. The lowest BCUT2D eigenvalue weighted by molar-refractivity contribution is -0.470. The van der Waals surface area contributed by atoms with Gasteiger partial charge in [-0.15, -0.1) is 0 Å². The molecule has 1 amide bonds. The van der Waals surface area contributed by atoms with Gasteiger partial charge < -0.3 is 25.1 Å². The number of nitrogens with two attached hydrogens (primary N) is 1. The molecule has 1 fully saturated rings. The number of rotatable bonds is 5. The second-order valence-electron chi connectivity index (χ2n) is 7.60. The molecule has 4 aliphatic rings. The summed E-state index contributed by atoms with van der Waals surface area (Å²) < 4.78 is 44.9. The number of carbonyl (C=O) groups excluding carboxylic acids is 1. The molecule has 0 aromatic rings. The Morgan fingerprint density at radius 1 is 1.45 bits per heavy atom. The molecular formula is C21H23F2N5O5. The van der Waals surface area contributed by atoms with E-state index in [1.165, 1.54) is 7.11 Å². The number of fused-ring (bicyclic) bond motifs is 2. The van der Waals surface area contributed by atoms with Crippen LogP contribution >= 0.6 is 0 Å². The molecule has 176 valence electrons. The topological polar surface area (TPSA) is 125 Å². The van der Waals surface area contributed by atoms with E-state index in [2.05, 4.69) is 9.98 Å². The van der Waals surface area contributed by atoms with Gasteiger partial charge in [-0.05, 0) is 24.1 Å². The maximum atomic E-state index is 13.5. The smallest absolute Gasteiger partial charge is 0.337 e. The molecule has 0 aromatic carbocycles. The molecule has 0 spiro atoms. The maximum absolute atomic E-state index is 13.5. The van der Waals surface area contributed by atoms with Crippen molar-refractivity contribution < 1.29 is 37.5 Å². The number of allylic oxidation sites excluding steroid dienone is 3. The van der Waals surface area contributed by atoms with E-state index in [1.54, 1.807) is 35.9 Å². The van der Waals surface area contributed by atoms with Crippen LogP contribution in [0.4, 0.5) is 8.78 Å². The third-order valence-electron chi connectivity index (χ3n) is 5.57. The number of nitrogens with zero attached hydrogens (tertiary/aromatic N) is 4. The summed E-state index contributed by atoms with van der Waals surface area (Å²) in [7, 11) is 1.46. The Hall–Kier alpha value is -3.54. The van der Waals surface area contributed by atoms with Crippen LogP contribution < -0.4 is 10.8 Å². The molecule has 12 heteroatoms. The Bertz CT molecular complexity index is 1060. The van der Waals surface area contributed by atoms with Crippen molar-refractivity contribution in [2.24, 2.45) is 15.7 Å². The Morgan fingerprint density at radius 3 is 2.91 bits per heavy atom. The van der Waals surface area contributed by atoms with Crippen molar-refractivity contribution in [1.82, 2.24) is 4.90 Å². The monoisotopic (exact) mass is 463 g/mol. The van der Waals surface area contributed by atoms with E-state index in [9.17, 15) is 18.7 Å². The van der Waals surface area contributed by atoms with Gasteiger partial charge in [0.1, 0.15) is 37.1 Å². The zero-order valence-corrected chi connectivity index (χ0v) is 18.0. The van der Waals surface area contributed by atoms with Gasteiger partial charge in [0.15, 0.2) is 18.1 Å². The number of methoxy groups -OCH3 is 1. The van der Waals surface area contributed by atoms with Crippen molar-refractivity contribution >= 4 is 23.7 Å². The van der Waals surface area contributed by atoms with E-state index in [0.29, 0.717) is 35.7 Å². The van der Waals surface area contributed by atoms with Crippen molar-refractivity contribution in [3.63, 3.8) is 0 Å². The van der Waals surface area contributed by atoms with Gasteiger partial charge in [-0.2, -0.15) is 0 Å². The molecule has 0 unspecified atom stereocenters. The van der Waals surface area contributed by atoms with Crippen LogP contribution in [0.5, 0.6) is 0 Å². The second kappa shape index (κ2) is 9.14. The summed E-state index contributed by atoms with van der Waals surface area (Å²) in [5, 5.41) is 11.3. The minimum absolute atomic E-state index is 0.180. The minimum atomic E-state index is -2.73. The quantitative estimate of drug-likeness (QED) is 0.438. The zero-order chi connectivity index (χ0) is 23.7. The lowest BCUT2D eigenvalue weighted by Crippen LogP contribution is -2.41. The van der Waals surface area contributed by atoms with E-state index in [-0.39, 0.29) is 24.9 Å². The van der Waals surface area contributed by atoms with E-state index in [0.717, 1.165) is 4.90 Å². The van der Waals surface area contributed by atoms with E-state index in [1.807, 2.05) is 0 Å². The predicted molar refractivity (Wildman–Crippen MR) is 111 cm³/mol. The van der Waals surface area contributed by atoms with Crippen molar-refractivity contribution in [3.05, 3.63) is 47.5 Å². The summed E-state index contributed by atoms with van der Waals surface area (Å²) >= 11 is 0. The largest absolute Gasteiger partial charge is 0.874 e. The highest BCUT2D eigenvalue weighted by molar-refractivity contribution is 6.29. The first-order chi connectivity index (χ1) is 15.8. The highest BCUT2D eigenvalue weighted by Gasteiger charge is 2.44. The summed E-state index contributed by atoms with van der Waals surface area (Å²) in [4.78, 5) is 21.8.